The van der Waals surface area contributed by atoms with Gasteiger partial charge in [0.1, 0.15) is 5.69 Å². The molecular formula is C16H12F3N3O. The molecule has 0 saturated carbocycles. The molecule has 0 bridgehead atoms. The van der Waals surface area contributed by atoms with Crippen molar-refractivity contribution in [2.24, 2.45) is 0 Å². The van der Waals surface area contributed by atoms with Crippen LogP contribution in [0.2, 0.25) is 0 Å². The minimum Gasteiger partial charge on any atom is -0.399 e. The van der Waals surface area contributed by atoms with Crippen LogP contribution in [0.25, 0.3) is 10.9 Å². The Morgan fingerprint density at radius 2 is 2.00 bits per heavy atom. The Kier molecular flexibility index (Phi) is 3.55. The second-order valence-corrected chi connectivity index (χ2v) is 5.11. The number of hydrogen-bond donors (Lipinski definition) is 1. The monoisotopic (exact) mass is 319 g/mol. The number of pyridine rings is 1. The summed E-state index contributed by atoms with van der Waals surface area (Å²) in [6.45, 7) is 0. The Balaban J connectivity index is 2.12. The van der Waals surface area contributed by atoms with Crippen LogP contribution in [0.15, 0.2) is 48.8 Å². The summed E-state index contributed by atoms with van der Waals surface area (Å²) in [4.78, 5) is 16.3. The molecule has 0 saturated heterocycles. The number of fused-ring (bicyclic) bond motifs is 1. The van der Waals surface area contributed by atoms with Gasteiger partial charge in [-0.2, -0.15) is 13.2 Å². The molecule has 7 heteroatoms. The smallest absolute Gasteiger partial charge is 0.399 e. The number of alkyl halides is 3. The highest BCUT2D eigenvalue weighted by Crippen LogP contribution is 2.34. The largest absolute Gasteiger partial charge is 0.431 e. The highest BCUT2D eigenvalue weighted by Gasteiger charge is 2.37. The normalized spacial score (nSPS) is 11.8. The summed E-state index contributed by atoms with van der Waals surface area (Å²) in [6, 6.07) is 8.51. The van der Waals surface area contributed by atoms with Crippen LogP contribution >= 0.6 is 0 Å². The van der Waals surface area contributed by atoms with Crippen molar-refractivity contribution in [1.82, 2.24) is 9.55 Å². The first-order chi connectivity index (χ1) is 10.9. The third kappa shape index (κ3) is 2.90. The Morgan fingerprint density at radius 1 is 1.22 bits per heavy atom. The predicted molar refractivity (Wildman–Crippen MR) is 79.9 cm³/mol. The maximum Gasteiger partial charge on any atom is 0.431 e. The summed E-state index contributed by atoms with van der Waals surface area (Å²) in [5, 5.41) is 0.275. The Hall–Kier alpha value is -2.83. The molecule has 0 amide bonds. The molecule has 1 aromatic carbocycles. The quantitative estimate of drug-likeness (QED) is 0.735. The molecule has 2 N–H and O–H groups in total. The number of halogens is 3. The van der Waals surface area contributed by atoms with Crippen LogP contribution in [0, 0.1) is 0 Å². The van der Waals surface area contributed by atoms with Crippen molar-refractivity contribution in [3.63, 3.8) is 0 Å². The third-order valence-corrected chi connectivity index (χ3v) is 3.44. The van der Waals surface area contributed by atoms with Crippen LogP contribution < -0.4 is 5.73 Å². The Bertz CT molecular complexity index is 869. The van der Waals surface area contributed by atoms with Gasteiger partial charge in [-0.1, -0.05) is 6.07 Å². The van der Waals surface area contributed by atoms with E-state index >= 15 is 0 Å². The second kappa shape index (κ2) is 5.42. The first-order valence-corrected chi connectivity index (χ1v) is 6.76. The van der Waals surface area contributed by atoms with E-state index in [4.69, 9.17) is 5.73 Å². The summed E-state index contributed by atoms with van der Waals surface area (Å²) < 4.78 is 40.5. The zero-order chi connectivity index (χ0) is 16.6. The van der Waals surface area contributed by atoms with E-state index in [9.17, 15) is 18.0 Å². The Morgan fingerprint density at radius 3 is 2.65 bits per heavy atom. The van der Waals surface area contributed by atoms with E-state index in [-0.39, 0.29) is 17.3 Å². The number of benzene rings is 1. The van der Waals surface area contributed by atoms with Crippen LogP contribution in [0.5, 0.6) is 0 Å². The summed E-state index contributed by atoms with van der Waals surface area (Å²) in [7, 11) is 0. The van der Waals surface area contributed by atoms with E-state index in [1.165, 1.54) is 30.6 Å². The third-order valence-electron chi connectivity index (χ3n) is 3.44. The van der Waals surface area contributed by atoms with Crippen molar-refractivity contribution in [3.8, 4) is 0 Å². The standard InChI is InChI=1S/C16H12F3N3O/c17-16(18,19)14-8-11-7-12(20)3-4-13(11)22(14)15(23)6-10-2-1-5-21-9-10/h1-5,7-9H,6,20H2. The molecule has 118 valence electrons. The van der Waals surface area contributed by atoms with E-state index in [1.54, 1.807) is 12.1 Å². The zero-order valence-electron chi connectivity index (χ0n) is 11.8. The fourth-order valence-corrected chi connectivity index (χ4v) is 2.47. The number of anilines is 1. The van der Waals surface area contributed by atoms with Crippen molar-refractivity contribution < 1.29 is 18.0 Å². The summed E-state index contributed by atoms with van der Waals surface area (Å²) in [6.07, 6.45) is -1.83. The average molecular weight is 319 g/mol. The number of nitrogen functional groups attached to an aromatic ring is 1. The zero-order valence-corrected chi connectivity index (χ0v) is 11.8. The molecule has 23 heavy (non-hydrogen) atoms. The van der Waals surface area contributed by atoms with Gasteiger partial charge in [-0.05, 0) is 35.9 Å². The minimum absolute atomic E-state index is 0.176. The molecule has 2 heterocycles. The maximum atomic E-state index is 13.3. The maximum absolute atomic E-state index is 13.3. The molecule has 3 rings (SSSR count). The van der Waals surface area contributed by atoms with E-state index in [0.29, 0.717) is 15.8 Å². The van der Waals surface area contributed by atoms with Crippen LogP contribution in [0.4, 0.5) is 18.9 Å². The molecule has 0 fully saturated rings. The first kappa shape index (κ1) is 15.1. The molecule has 3 aromatic rings. The van der Waals surface area contributed by atoms with Crippen LogP contribution in [0.1, 0.15) is 16.1 Å². The van der Waals surface area contributed by atoms with Crippen molar-refractivity contribution in [1.29, 1.82) is 0 Å². The molecular weight excluding hydrogens is 307 g/mol. The highest BCUT2D eigenvalue weighted by molar-refractivity contribution is 5.95. The number of carbonyl (C=O) groups excluding carboxylic acids is 1. The van der Waals surface area contributed by atoms with Gasteiger partial charge in [0.15, 0.2) is 0 Å². The van der Waals surface area contributed by atoms with Gasteiger partial charge in [-0.3, -0.25) is 14.3 Å². The summed E-state index contributed by atoms with van der Waals surface area (Å²) in [5.41, 5.74) is 5.66. The summed E-state index contributed by atoms with van der Waals surface area (Å²) in [5.74, 6) is -0.676. The van der Waals surface area contributed by atoms with Crippen molar-refractivity contribution in [2.45, 2.75) is 12.6 Å². The van der Waals surface area contributed by atoms with Gasteiger partial charge in [0.2, 0.25) is 5.91 Å². The van der Waals surface area contributed by atoms with E-state index < -0.39 is 17.8 Å². The van der Waals surface area contributed by atoms with Gasteiger partial charge < -0.3 is 5.73 Å². The first-order valence-electron chi connectivity index (χ1n) is 6.76. The van der Waals surface area contributed by atoms with Crippen molar-refractivity contribution in [3.05, 3.63) is 60.0 Å². The van der Waals surface area contributed by atoms with Gasteiger partial charge >= 0.3 is 6.18 Å². The average Bonchev–Trinajstić information content (AvgIpc) is 2.87. The fourth-order valence-electron chi connectivity index (χ4n) is 2.47. The SMILES string of the molecule is Nc1ccc2c(c1)cc(C(F)(F)F)n2C(=O)Cc1cccnc1. The van der Waals surface area contributed by atoms with Gasteiger partial charge in [-0.15, -0.1) is 0 Å². The Labute approximate surface area is 129 Å². The number of hydrogen-bond acceptors (Lipinski definition) is 3. The molecule has 0 aliphatic heterocycles. The molecule has 4 nitrogen and oxygen atoms in total. The predicted octanol–water partition coefficient (Wildman–Crippen LogP) is 3.52. The van der Waals surface area contributed by atoms with E-state index in [0.717, 1.165) is 6.07 Å². The second-order valence-electron chi connectivity index (χ2n) is 5.11. The van der Waals surface area contributed by atoms with E-state index in [2.05, 4.69) is 4.98 Å². The number of aromatic nitrogens is 2. The molecule has 0 radical (unpaired) electrons. The topological polar surface area (TPSA) is 60.9 Å². The van der Waals surface area contributed by atoms with Crippen LogP contribution in [-0.4, -0.2) is 15.5 Å². The lowest BCUT2D eigenvalue weighted by molar-refractivity contribution is -0.142. The lowest BCUT2D eigenvalue weighted by atomic mass is 10.2. The molecule has 0 spiro atoms. The van der Waals surface area contributed by atoms with E-state index in [1.807, 2.05) is 0 Å². The number of nitrogens with two attached hydrogens (primary N) is 1. The minimum atomic E-state index is -4.64. The van der Waals surface area contributed by atoms with Crippen LogP contribution in [0.3, 0.4) is 0 Å². The molecule has 0 atom stereocenters. The van der Waals surface area contributed by atoms with Crippen molar-refractivity contribution in [2.75, 3.05) is 5.73 Å². The fraction of sp³-hybridized carbons (Fsp3) is 0.125. The van der Waals surface area contributed by atoms with Gasteiger partial charge in [0.05, 0.1) is 11.9 Å². The summed E-state index contributed by atoms with van der Waals surface area (Å²) >= 11 is 0. The van der Waals surface area contributed by atoms with Crippen LogP contribution in [-0.2, 0) is 12.6 Å². The highest BCUT2D eigenvalue weighted by atomic mass is 19.4. The van der Waals surface area contributed by atoms with Gasteiger partial charge in [0.25, 0.3) is 0 Å². The number of rotatable bonds is 2. The lowest BCUT2D eigenvalue weighted by Gasteiger charge is -2.12. The molecule has 2 aromatic heterocycles. The molecule has 0 aliphatic carbocycles. The molecule has 0 aliphatic rings. The number of nitrogens with zero attached hydrogens (tertiary/aromatic N) is 2. The van der Waals surface area contributed by atoms with Gasteiger partial charge in [0, 0.05) is 23.5 Å². The number of carbonyl (C=O) groups is 1. The van der Waals surface area contributed by atoms with Gasteiger partial charge in [-0.25, -0.2) is 0 Å². The van der Waals surface area contributed by atoms with Crippen molar-refractivity contribution >= 4 is 22.5 Å². The lowest BCUT2D eigenvalue weighted by Crippen LogP contribution is -2.21. The molecule has 0 unspecified atom stereocenters.